The van der Waals surface area contributed by atoms with Crippen LogP contribution >= 0.6 is 0 Å². The van der Waals surface area contributed by atoms with E-state index < -0.39 is 17.4 Å². The predicted molar refractivity (Wildman–Crippen MR) is 49.7 cm³/mol. The molecule has 0 aromatic heterocycles. The fraction of sp³-hybridized carbons (Fsp3) is 0.600. The lowest BCUT2D eigenvalue weighted by Gasteiger charge is -2.21. The third-order valence-electron chi connectivity index (χ3n) is 2.34. The van der Waals surface area contributed by atoms with Crippen molar-refractivity contribution in [3.05, 3.63) is 12.2 Å². The van der Waals surface area contributed by atoms with Gasteiger partial charge in [0.15, 0.2) is 5.41 Å². The number of ether oxygens (including phenoxy) is 1. The van der Waals surface area contributed by atoms with Gasteiger partial charge >= 0.3 is 11.9 Å². The molecule has 4 nitrogen and oxygen atoms in total. The van der Waals surface area contributed by atoms with Gasteiger partial charge in [0.1, 0.15) is 0 Å². The molecule has 0 atom stereocenters. The Morgan fingerprint density at radius 3 is 2.43 bits per heavy atom. The SMILES string of the molecule is CCCOC(=O)C1(C(=O)O)CC=CC1. The van der Waals surface area contributed by atoms with E-state index in [-0.39, 0.29) is 19.4 Å². The molecule has 1 aliphatic rings. The highest BCUT2D eigenvalue weighted by molar-refractivity contribution is 6.00. The van der Waals surface area contributed by atoms with Crippen LogP contribution in [0.5, 0.6) is 0 Å². The minimum atomic E-state index is -1.35. The highest BCUT2D eigenvalue weighted by Crippen LogP contribution is 2.34. The van der Waals surface area contributed by atoms with E-state index in [2.05, 4.69) is 0 Å². The molecule has 0 aromatic rings. The monoisotopic (exact) mass is 198 g/mol. The Labute approximate surface area is 82.6 Å². The Morgan fingerprint density at radius 2 is 2.00 bits per heavy atom. The molecule has 0 saturated carbocycles. The fourth-order valence-corrected chi connectivity index (χ4v) is 1.41. The molecule has 0 unspecified atom stereocenters. The second-order valence-corrected chi connectivity index (χ2v) is 3.40. The Kier molecular flexibility index (Phi) is 3.28. The van der Waals surface area contributed by atoms with Crippen LogP contribution in [0.3, 0.4) is 0 Å². The van der Waals surface area contributed by atoms with Crippen molar-refractivity contribution in [3.8, 4) is 0 Å². The summed E-state index contributed by atoms with van der Waals surface area (Å²) >= 11 is 0. The highest BCUT2D eigenvalue weighted by atomic mass is 16.5. The molecule has 0 heterocycles. The van der Waals surface area contributed by atoms with Crippen molar-refractivity contribution in [3.63, 3.8) is 0 Å². The Hall–Kier alpha value is -1.32. The Morgan fingerprint density at radius 1 is 1.43 bits per heavy atom. The van der Waals surface area contributed by atoms with E-state index >= 15 is 0 Å². The number of allylic oxidation sites excluding steroid dienone is 2. The van der Waals surface area contributed by atoms with Crippen LogP contribution in [-0.4, -0.2) is 23.7 Å². The Bertz CT molecular complexity index is 259. The maximum absolute atomic E-state index is 11.5. The van der Waals surface area contributed by atoms with Gasteiger partial charge < -0.3 is 9.84 Å². The summed E-state index contributed by atoms with van der Waals surface area (Å²) in [6, 6.07) is 0. The molecule has 0 fully saturated rings. The molecule has 1 aliphatic carbocycles. The number of hydrogen-bond acceptors (Lipinski definition) is 3. The van der Waals surface area contributed by atoms with E-state index in [9.17, 15) is 9.59 Å². The van der Waals surface area contributed by atoms with E-state index in [0.29, 0.717) is 6.42 Å². The van der Waals surface area contributed by atoms with Crippen LogP contribution < -0.4 is 0 Å². The predicted octanol–water partition coefficient (Wildman–Crippen LogP) is 1.36. The van der Waals surface area contributed by atoms with E-state index in [1.165, 1.54) is 0 Å². The quantitative estimate of drug-likeness (QED) is 0.421. The molecule has 1 rings (SSSR count). The van der Waals surface area contributed by atoms with Crippen molar-refractivity contribution in [1.29, 1.82) is 0 Å². The molecule has 78 valence electrons. The van der Waals surface area contributed by atoms with Crippen molar-refractivity contribution in [2.75, 3.05) is 6.61 Å². The molecule has 1 N–H and O–H groups in total. The lowest BCUT2D eigenvalue weighted by atomic mass is 9.86. The fourth-order valence-electron chi connectivity index (χ4n) is 1.41. The lowest BCUT2D eigenvalue weighted by molar-refractivity contribution is -0.168. The normalized spacial score (nSPS) is 18.1. The van der Waals surface area contributed by atoms with Gasteiger partial charge in [0.05, 0.1) is 6.61 Å². The van der Waals surface area contributed by atoms with E-state index in [0.717, 1.165) is 0 Å². The number of carbonyl (C=O) groups is 2. The second kappa shape index (κ2) is 4.26. The first-order valence-corrected chi connectivity index (χ1v) is 4.69. The number of hydrogen-bond donors (Lipinski definition) is 1. The zero-order valence-corrected chi connectivity index (χ0v) is 8.16. The third kappa shape index (κ3) is 1.78. The number of aliphatic carboxylic acids is 1. The average molecular weight is 198 g/mol. The Balaban J connectivity index is 2.69. The highest BCUT2D eigenvalue weighted by Gasteiger charge is 2.47. The van der Waals surface area contributed by atoms with Gasteiger partial charge in [-0.25, -0.2) is 0 Å². The van der Waals surface area contributed by atoms with Crippen molar-refractivity contribution in [1.82, 2.24) is 0 Å². The molecular weight excluding hydrogens is 184 g/mol. The minimum Gasteiger partial charge on any atom is -0.480 e. The van der Waals surface area contributed by atoms with Gasteiger partial charge in [0.2, 0.25) is 0 Å². The largest absolute Gasteiger partial charge is 0.480 e. The van der Waals surface area contributed by atoms with Gasteiger partial charge in [-0.15, -0.1) is 0 Å². The van der Waals surface area contributed by atoms with Gasteiger partial charge in [0, 0.05) is 0 Å². The molecule has 0 bridgehead atoms. The minimum absolute atomic E-state index is 0.241. The molecule has 0 amide bonds. The summed E-state index contributed by atoms with van der Waals surface area (Å²) in [6.45, 7) is 2.15. The summed E-state index contributed by atoms with van der Waals surface area (Å²) in [6.07, 6.45) is 4.60. The zero-order chi connectivity index (χ0) is 10.6. The van der Waals surface area contributed by atoms with Crippen LogP contribution in [0.4, 0.5) is 0 Å². The van der Waals surface area contributed by atoms with Crippen molar-refractivity contribution in [2.24, 2.45) is 5.41 Å². The molecule has 4 heteroatoms. The summed E-state index contributed by atoms with van der Waals surface area (Å²) in [5, 5.41) is 8.99. The van der Waals surface area contributed by atoms with Crippen LogP contribution in [0, 0.1) is 5.41 Å². The van der Waals surface area contributed by atoms with Gasteiger partial charge in [-0.3, -0.25) is 9.59 Å². The summed E-state index contributed by atoms with van der Waals surface area (Å²) in [7, 11) is 0. The summed E-state index contributed by atoms with van der Waals surface area (Å²) in [5.41, 5.74) is -1.35. The number of carboxylic acid groups (broad SMARTS) is 1. The van der Waals surface area contributed by atoms with Crippen LogP contribution in [0.2, 0.25) is 0 Å². The maximum Gasteiger partial charge on any atom is 0.324 e. The first kappa shape index (κ1) is 10.8. The molecule has 0 spiro atoms. The molecule has 0 radical (unpaired) electrons. The third-order valence-corrected chi connectivity index (χ3v) is 2.34. The number of carboxylic acids is 1. The number of rotatable bonds is 4. The smallest absolute Gasteiger partial charge is 0.324 e. The van der Waals surface area contributed by atoms with Crippen LogP contribution in [0.15, 0.2) is 12.2 Å². The van der Waals surface area contributed by atoms with Crippen LogP contribution in [-0.2, 0) is 14.3 Å². The number of esters is 1. The molecule has 14 heavy (non-hydrogen) atoms. The van der Waals surface area contributed by atoms with E-state index in [4.69, 9.17) is 9.84 Å². The lowest BCUT2D eigenvalue weighted by Crippen LogP contribution is -2.38. The van der Waals surface area contributed by atoms with Gasteiger partial charge in [-0.05, 0) is 19.3 Å². The molecule has 0 saturated heterocycles. The molecule has 0 aromatic carbocycles. The topological polar surface area (TPSA) is 63.6 Å². The average Bonchev–Trinajstić information content (AvgIpc) is 2.63. The van der Waals surface area contributed by atoms with Crippen molar-refractivity contribution < 1.29 is 19.4 Å². The first-order valence-electron chi connectivity index (χ1n) is 4.69. The molecule has 0 aliphatic heterocycles. The second-order valence-electron chi connectivity index (χ2n) is 3.40. The summed E-state index contributed by atoms with van der Waals surface area (Å²) < 4.78 is 4.88. The summed E-state index contributed by atoms with van der Waals surface area (Å²) in [5.74, 6) is -1.71. The van der Waals surface area contributed by atoms with Gasteiger partial charge in [-0.1, -0.05) is 19.1 Å². The zero-order valence-electron chi connectivity index (χ0n) is 8.16. The van der Waals surface area contributed by atoms with Crippen molar-refractivity contribution in [2.45, 2.75) is 26.2 Å². The van der Waals surface area contributed by atoms with E-state index in [1.807, 2.05) is 6.92 Å². The van der Waals surface area contributed by atoms with Gasteiger partial charge in [0.25, 0.3) is 0 Å². The summed E-state index contributed by atoms with van der Waals surface area (Å²) in [4.78, 5) is 22.5. The first-order chi connectivity index (χ1) is 6.63. The molecular formula is C10H14O4. The number of carbonyl (C=O) groups excluding carboxylic acids is 1. The van der Waals surface area contributed by atoms with Crippen LogP contribution in [0.25, 0.3) is 0 Å². The van der Waals surface area contributed by atoms with Crippen molar-refractivity contribution >= 4 is 11.9 Å². The van der Waals surface area contributed by atoms with E-state index in [1.54, 1.807) is 12.2 Å². The maximum atomic E-state index is 11.5. The van der Waals surface area contributed by atoms with Crippen LogP contribution in [0.1, 0.15) is 26.2 Å². The van der Waals surface area contributed by atoms with Gasteiger partial charge in [-0.2, -0.15) is 0 Å². The standard InChI is InChI=1S/C10H14O4/c1-2-7-14-9(13)10(8(11)12)5-3-4-6-10/h3-4H,2,5-7H2,1H3,(H,11,12).